The normalized spacial score (nSPS) is 7.67. The van der Waals surface area contributed by atoms with Gasteiger partial charge < -0.3 is 0 Å². The van der Waals surface area contributed by atoms with Crippen LogP contribution in [0, 0.1) is 6.92 Å². The van der Waals surface area contributed by atoms with Crippen LogP contribution in [0.5, 0.6) is 0 Å². The molecular weight excluding hydrogens is 276 g/mol. The molecule has 1 aromatic carbocycles. The van der Waals surface area contributed by atoms with E-state index in [0.29, 0.717) is 11.4 Å². The lowest BCUT2D eigenvalue weighted by Gasteiger charge is -1.97. The van der Waals surface area contributed by atoms with E-state index >= 15 is 0 Å². The summed E-state index contributed by atoms with van der Waals surface area (Å²) in [6.07, 6.45) is 5.46. The van der Waals surface area contributed by atoms with Gasteiger partial charge in [-0.25, -0.2) is 29.2 Å². The van der Waals surface area contributed by atoms with Crippen LogP contribution in [0.25, 0.3) is 0 Å². The minimum absolute atomic E-state index is 0.221. The molecule has 0 spiro atoms. The van der Waals surface area contributed by atoms with Gasteiger partial charge in [0.05, 0.1) is 24.5 Å². The van der Waals surface area contributed by atoms with Gasteiger partial charge in [0.25, 0.3) is 0 Å². The molecule has 106 valence electrons. The lowest BCUT2D eigenvalue weighted by molar-refractivity contribution is 0.560. The average molecular weight is 286 g/mol. The summed E-state index contributed by atoms with van der Waals surface area (Å²) in [4.78, 5) is 51.7. The van der Waals surface area contributed by atoms with E-state index < -0.39 is 0 Å². The number of aliphatic imine (C=N–C) groups is 4. The summed E-state index contributed by atoms with van der Waals surface area (Å²) < 4.78 is 0. The molecule has 0 N–H and O–H groups in total. The summed E-state index contributed by atoms with van der Waals surface area (Å²) in [5, 5.41) is 0. The Morgan fingerprint density at radius 2 is 1.43 bits per heavy atom. The Bertz CT molecular complexity index is 643. The number of carbonyl (C=O) groups excluding carboxylic acids is 4. The summed E-state index contributed by atoms with van der Waals surface area (Å²) in [6, 6.07) is 4.88. The van der Waals surface area contributed by atoms with E-state index in [-0.39, 0.29) is 13.1 Å². The van der Waals surface area contributed by atoms with Gasteiger partial charge in [0.1, 0.15) is 0 Å². The molecule has 0 unspecified atom stereocenters. The van der Waals surface area contributed by atoms with E-state index in [1.54, 1.807) is 19.1 Å². The van der Waals surface area contributed by atoms with Crippen LogP contribution in [0.1, 0.15) is 5.56 Å². The van der Waals surface area contributed by atoms with Gasteiger partial charge in [-0.05, 0) is 24.6 Å². The van der Waals surface area contributed by atoms with Gasteiger partial charge in [0.2, 0.25) is 24.3 Å². The van der Waals surface area contributed by atoms with Crippen LogP contribution in [-0.2, 0) is 19.2 Å². The minimum atomic E-state index is 0.221. The highest BCUT2D eigenvalue weighted by Gasteiger charge is 1.97. The molecule has 1 rings (SSSR count). The maximum Gasteiger partial charge on any atom is 0.240 e. The monoisotopic (exact) mass is 286 g/mol. The van der Waals surface area contributed by atoms with Gasteiger partial charge in [-0.2, -0.15) is 9.98 Å². The first-order valence-corrected chi connectivity index (χ1v) is 5.53. The van der Waals surface area contributed by atoms with E-state index in [1.807, 2.05) is 0 Å². The van der Waals surface area contributed by atoms with Gasteiger partial charge >= 0.3 is 0 Å². The smallest absolute Gasteiger partial charge is 0.211 e. The fraction of sp³-hybridized carbons (Fsp3) is 0.231. The van der Waals surface area contributed by atoms with Crippen LogP contribution >= 0.6 is 0 Å². The van der Waals surface area contributed by atoms with E-state index in [1.165, 1.54) is 30.4 Å². The molecule has 0 saturated carbocycles. The van der Waals surface area contributed by atoms with Crippen molar-refractivity contribution in [2.75, 3.05) is 13.1 Å². The standard InChI is InChI=1S/C9H6N2O2.C4H4N2O2/c1-7-2-3-8(10-5-12)4-9(7)11-6-13;7-3-5-1-2-6-4-8/h2-4H,1H3;1-2H2. The number of nitrogens with zero attached hydrogens (tertiary/aromatic N) is 4. The molecule has 0 saturated heterocycles. The quantitative estimate of drug-likeness (QED) is 0.464. The second-order valence-electron chi connectivity index (χ2n) is 3.32. The Morgan fingerprint density at radius 1 is 0.857 bits per heavy atom. The van der Waals surface area contributed by atoms with Crippen LogP contribution in [0.2, 0.25) is 0 Å². The molecule has 0 atom stereocenters. The lowest BCUT2D eigenvalue weighted by Crippen LogP contribution is -1.82. The van der Waals surface area contributed by atoms with E-state index in [0.717, 1.165) is 5.56 Å². The molecule has 8 heteroatoms. The Morgan fingerprint density at radius 3 is 1.90 bits per heavy atom. The first-order valence-electron chi connectivity index (χ1n) is 5.53. The van der Waals surface area contributed by atoms with E-state index in [4.69, 9.17) is 0 Å². The highest BCUT2D eigenvalue weighted by atomic mass is 16.1. The van der Waals surface area contributed by atoms with Gasteiger partial charge in [-0.3, -0.25) is 0 Å². The van der Waals surface area contributed by atoms with Crippen LogP contribution in [0.3, 0.4) is 0 Å². The van der Waals surface area contributed by atoms with Crippen LogP contribution in [0.4, 0.5) is 11.4 Å². The zero-order chi connectivity index (χ0) is 15.9. The molecule has 0 heterocycles. The summed E-state index contributed by atoms with van der Waals surface area (Å²) in [6.45, 7) is 2.24. The third-order valence-electron chi connectivity index (χ3n) is 1.99. The Hall–Kier alpha value is -3.26. The first kappa shape index (κ1) is 17.7. The molecule has 21 heavy (non-hydrogen) atoms. The van der Waals surface area contributed by atoms with Crippen molar-refractivity contribution in [3.05, 3.63) is 23.8 Å². The number of rotatable bonds is 5. The number of hydrogen-bond donors (Lipinski definition) is 0. The molecule has 0 aromatic heterocycles. The van der Waals surface area contributed by atoms with Gasteiger partial charge in [0, 0.05) is 0 Å². The van der Waals surface area contributed by atoms with Gasteiger partial charge in [0.15, 0.2) is 0 Å². The number of isocyanates is 4. The second kappa shape index (κ2) is 11.8. The zero-order valence-electron chi connectivity index (χ0n) is 11.1. The summed E-state index contributed by atoms with van der Waals surface area (Å²) in [5.41, 5.74) is 1.72. The maximum atomic E-state index is 10.00. The van der Waals surface area contributed by atoms with Crippen LogP contribution < -0.4 is 0 Å². The van der Waals surface area contributed by atoms with Crippen molar-refractivity contribution in [2.24, 2.45) is 20.0 Å². The third kappa shape index (κ3) is 8.46. The van der Waals surface area contributed by atoms with Crippen molar-refractivity contribution in [2.45, 2.75) is 6.92 Å². The fourth-order valence-corrected chi connectivity index (χ4v) is 1.08. The molecule has 0 aliphatic heterocycles. The van der Waals surface area contributed by atoms with Gasteiger partial charge in [-0.15, -0.1) is 0 Å². The lowest BCUT2D eigenvalue weighted by atomic mass is 10.2. The van der Waals surface area contributed by atoms with Gasteiger partial charge in [-0.1, -0.05) is 6.07 Å². The predicted molar refractivity (Wildman–Crippen MR) is 72.7 cm³/mol. The van der Waals surface area contributed by atoms with Crippen molar-refractivity contribution >= 4 is 35.7 Å². The van der Waals surface area contributed by atoms with E-state index in [9.17, 15) is 19.2 Å². The predicted octanol–water partition coefficient (Wildman–Crippen LogP) is 1.59. The van der Waals surface area contributed by atoms with Crippen LogP contribution in [0.15, 0.2) is 38.2 Å². The van der Waals surface area contributed by atoms with Crippen molar-refractivity contribution in [3.8, 4) is 0 Å². The fourth-order valence-electron chi connectivity index (χ4n) is 1.08. The summed E-state index contributed by atoms with van der Waals surface area (Å²) in [5.74, 6) is 0. The highest BCUT2D eigenvalue weighted by Crippen LogP contribution is 2.23. The second-order valence-corrected chi connectivity index (χ2v) is 3.32. The summed E-state index contributed by atoms with van der Waals surface area (Å²) >= 11 is 0. The van der Waals surface area contributed by atoms with Crippen molar-refractivity contribution in [1.29, 1.82) is 0 Å². The molecule has 0 aliphatic rings. The molecule has 1 aromatic rings. The molecule has 0 fully saturated rings. The Balaban J connectivity index is 0.000000433. The third-order valence-corrected chi connectivity index (χ3v) is 1.99. The van der Waals surface area contributed by atoms with Crippen molar-refractivity contribution in [1.82, 2.24) is 0 Å². The molecular formula is C13H10N4O4. The van der Waals surface area contributed by atoms with Crippen molar-refractivity contribution in [3.63, 3.8) is 0 Å². The number of aryl methyl sites for hydroxylation is 1. The zero-order valence-corrected chi connectivity index (χ0v) is 11.1. The Labute approximate surface area is 119 Å². The minimum Gasteiger partial charge on any atom is -0.211 e. The molecule has 0 aliphatic carbocycles. The highest BCUT2D eigenvalue weighted by molar-refractivity contribution is 5.61. The van der Waals surface area contributed by atoms with E-state index in [2.05, 4.69) is 20.0 Å². The molecule has 0 radical (unpaired) electrons. The number of benzene rings is 1. The SMILES string of the molecule is Cc1ccc(N=C=O)cc1N=C=O.O=C=NCCN=C=O. The molecule has 8 nitrogen and oxygen atoms in total. The first-order chi connectivity index (χ1) is 10.2. The maximum absolute atomic E-state index is 10.00. The number of hydrogen-bond acceptors (Lipinski definition) is 8. The summed E-state index contributed by atoms with van der Waals surface area (Å²) in [7, 11) is 0. The van der Waals surface area contributed by atoms with Crippen molar-refractivity contribution < 1.29 is 19.2 Å². The molecule has 0 bridgehead atoms. The molecule has 0 amide bonds. The average Bonchev–Trinajstić information content (AvgIpc) is 2.48. The van der Waals surface area contributed by atoms with Crippen LogP contribution in [-0.4, -0.2) is 37.4 Å². The Kier molecular flexibility index (Phi) is 9.98. The topological polar surface area (TPSA) is 118 Å². The largest absolute Gasteiger partial charge is 0.240 e.